The summed E-state index contributed by atoms with van der Waals surface area (Å²) in [5.74, 6) is 0.604. The van der Waals surface area contributed by atoms with Crippen LogP contribution in [0.3, 0.4) is 0 Å². The fourth-order valence-corrected chi connectivity index (χ4v) is 2.49. The van der Waals surface area contributed by atoms with Gasteiger partial charge < -0.3 is 9.47 Å². The van der Waals surface area contributed by atoms with Gasteiger partial charge in [-0.2, -0.15) is 0 Å². The van der Waals surface area contributed by atoms with Crippen molar-refractivity contribution in [1.29, 1.82) is 0 Å². The van der Waals surface area contributed by atoms with E-state index in [-0.39, 0.29) is 11.7 Å². The molecule has 0 aliphatic heterocycles. The molecule has 2 aromatic carbocycles. The van der Waals surface area contributed by atoms with E-state index in [0.717, 1.165) is 23.3 Å². The Labute approximate surface area is 127 Å². The molecule has 22 heavy (non-hydrogen) atoms. The predicted molar refractivity (Wildman–Crippen MR) is 78.3 cm³/mol. The molecule has 0 radical (unpaired) electrons. The summed E-state index contributed by atoms with van der Waals surface area (Å²) in [7, 11) is 1.60. The van der Waals surface area contributed by atoms with Gasteiger partial charge in [-0.3, -0.25) is 0 Å². The van der Waals surface area contributed by atoms with Crippen LogP contribution in [-0.4, -0.2) is 13.5 Å². The number of hydrogen-bond donors (Lipinski definition) is 0. The Morgan fingerprint density at radius 2 is 1.64 bits per heavy atom. The maximum atomic E-state index is 12.2. The first-order valence-corrected chi connectivity index (χ1v) is 6.93. The van der Waals surface area contributed by atoms with Crippen molar-refractivity contribution in [3.05, 3.63) is 59.7 Å². The third-order valence-corrected chi connectivity index (χ3v) is 3.44. The Hall–Kier alpha value is -2.17. The third-order valence-electron chi connectivity index (χ3n) is 3.44. The van der Waals surface area contributed by atoms with Crippen molar-refractivity contribution in [3.8, 4) is 11.5 Å². The van der Waals surface area contributed by atoms with Crippen molar-refractivity contribution in [2.75, 3.05) is 7.11 Å². The lowest BCUT2D eigenvalue weighted by molar-refractivity contribution is -0.274. The summed E-state index contributed by atoms with van der Waals surface area (Å²) < 4.78 is 45.8. The Balaban J connectivity index is 2.28. The Bertz CT molecular complexity index is 606. The highest BCUT2D eigenvalue weighted by Gasteiger charge is 2.31. The largest absolute Gasteiger partial charge is 0.573 e. The Morgan fingerprint density at radius 1 is 1.00 bits per heavy atom. The minimum absolute atomic E-state index is 0.0519. The summed E-state index contributed by atoms with van der Waals surface area (Å²) in [6.07, 6.45) is -3.87. The van der Waals surface area contributed by atoms with E-state index in [9.17, 15) is 13.2 Å². The van der Waals surface area contributed by atoms with Gasteiger partial charge >= 0.3 is 6.36 Å². The molecule has 0 unspecified atom stereocenters. The van der Waals surface area contributed by atoms with E-state index >= 15 is 0 Å². The number of ether oxygens (including phenoxy) is 2. The van der Waals surface area contributed by atoms with E-state index < -0.39 is 6.36 Å². The molecule has 0 bridgehead atoms. The molecule has 2 nitrogen and oxygen atoms in total. The molecule has 0 amide bonds. The van der Waals surface area contributed by atoms with Gasteiger partial charge in [-0.15, -0.1) is 13.2 Å². The fourth-order valence-electron chi connectivity index (χ4n) is 2.49. The molecule has 1 atom stereocenters. The molecule has 2 rings (SSSR count). The van der Waals surface area contributed by atoms with Crippen molar-refractivity contribution >= 4 is 0 Å². The second-order valence-electron chi connectivity index (χ2n) is 4.82. The van der Waals surface area contributed by atoms with Crippen LogP contribution in [0.5, 0.6) is 11.5 Å². The standard InChI is InChI=1S/C17H17F3O2/c1-3-14(15-6-4-5-7-16(15)21-2)12-8-10-13(11-9-12)22-17(18,19)20/h4-11,14H,3H2,1-2H3/t14-/m0/s1. The Morgan fingerprint density at radius 3 is 2.18 bits per heavy atom. The van der Waals surface area contributed by atoms with Crippen molar-refractivity contribution in [1.82, 2.24) is 0 Å². The fraction of sp³-hybridized carbons (Fsp3) is 0.294. The minimum atomic E-state index is -4.67. The van der Waals surface area contributed by atoms with E-state index in [1.54, 1.807) is 19.2 Å². The van der Waals surface area contributed by atoms with Crippen LogP contribution >= 0.6 is 0 Å². The molecule has 0 N–H and O–H groups in total. The lowest BCUT2D eigenvalue weighted by Crippen LogP contribution is -2.17. The minimum Gasteiger partial charge on any atom is -0.496 e. The van der Waals surface area contributed by atoms with Gasteiger partial charge in [0.25, 0.3) is 0 Å². The van der Waals surface area contributed by atoms with E-state index in [1.807, 2.05) is 31.2 Å². The third kappa shape index (κ3) is 3.93. The molecule has 0 fully saturated rings. The highest BCUT2D eigenvalue weighted by molar-refractivity contribution is 5.43. The number of rotatable bonds is 5. The van der Waals surface area contributed by atoms with Gasteiger partial charge in [-0.05, 0) is 30.2 Å². The first kappa shape index (κ1) is 16.2. The number of benzene rings is 2. The quantitative estimate of drug-likeness (QED) is 0.761. The number of halogens is 3. The van der Waals surface area contributed by atoms with Crippen LogP contribution in [0.15, 0.2) is 48.5 Å². The molecule has 5 heteroatoms. The molecule has 0 aromatic heterocycles. The van der Waals surface area contributed by atoms with Gasteiger partial charge in [0.2, 0.25) is 0 Å². The zero-order valence-electron chi connectivity index (χ0n) is 12.4. The summed E-state index contributed by atoms with van der Waals surface area (Å²) in [5.41, 5.74) is 1.93. The number of alkyl halides is 3. The topological polar surface area (TPSA) is 18.5 Å². The van der Waals surface area contributed by atoms with Gasteiger partial charge in [0, 0.05) is 11.5 Å². The lowest BCUT2D eigenvalue weighted by Gasteiger charge is -2.19. The van der Waals surface area contributed by atoms with E-state index in [2.05, 4.69) is 4.74 Å². The number of hydrogen-bond acceptors (Lipinski definition) is 2. The smallest absolute Gasteiger partial charge is 0.496 e. The SMILES string of the molecule is CC[C@@H](c1ccc(OC(F)(F)F)cc1)c1ccccc1OC. The van der Waals surface area contributed by atoms with Crippen molar-refractivity contribution < 1.29 is 22.6 Å². The van der Waals surface area contributed by atoms with Gasteiger partial charge in [0.05, 0.1) is 7.11 Å². The van der Waals surface area contributed by atoms with E-state index in [0.29, 0.717) is 0 Å². The zero-order valence-corrected chi connectivity index (χ0v) is 12.4. The molecule has 0 saturated carbocycles. The van der Waals surface area contributed by atoms with Gasteiger partial charge in [0.1, 0.15) is 11.5 Å². The molecule has 0 saturated heterocycles. The molecular formula is C17H17F3O2. The van der Waals surface area contributed by atoms with Gasteiger partial charge in [0.15, 0.2) is 0 Å². The first-order chi connectivity index (χ1) is 10.4. The lowest BCUT2D eigenvalue weighted by atomic mass is 9.88. The van der Waals surface area contributed by atoms with Crippen molar-refractivity contribution in [2.45, 2.75) is 25.6 Å². The normalized spacial score (nSPS) is 12.8. The average molecular weight is 310 g/mol. The van der Waals surface area contributed by atoms with Crippen molar-refractivity contribution in [2.24, 2.45) is 0 Å². The second kappa shape index (κ2) is 6.73. The predicted octanol–water partition coefficient (Wildman–Crippen LogP) is 5.14. The summed E-state index contributed by atoms with van der Waals surface area (Å²) >= 11 is 0. The van der Waals surface area contributed by atoms with Crippen LogP contribution in [0.25, 0.3) is 0 Å². The average Bonchev–Trinajstić information content (AvgIpc) is 2.49. The van der Waals surface area contributed by atoms with Crippen LogP contribution in [0.1, 0.15) is 30.4 Å². The van der Waals surface area contributed by atoms with Crippen LogP contribution in [0, 0.1) is 0 Å². The number of para-hydroxylation sites is 1. The molecule has 118 valence electrons. The highest BCUT2D eigenvalue weighted by Crippen LogP contribution is 2.35. The Kier molecular flexibility index (Phi) is 4.96. The van der Waals surface area contributed by atoms with Crippen LogP contribution < -0.4 is 9.47 Å². The monoisotopic (exact) mass is 310 g/mol. The maximum absolute atomic E-state index is 12.2. The van der Waals surface area contributed by atoms with E-state index in [1.165, 1.54) is 12.1 Å². The van der Waals surface area contributed by atoms with Crippen LogP contribution in [0.2, 0.25) is 0 Å². The molecular weight excluding hydrogens is 293 g/mol. The summed E-state index contributed by atoms with van der Waals surface area (Å²) in [6.45, 7) is 2.03. The summed E-state index contributed by atoms with van der Waals surface area (Å²) in [6, 6.07) is 13.6. The molecule has 0 aliphatic carbocycles. The van der Waals surface area contributed by atoms with E-state index in [4.69, 9.17) is 4.74 Å². The molecule has 0 heterocycles. The highest BCUT2D eigenvalue weighted by atomic mass is 19.4. The first-order valence-electron chi connectivity index (χ1n) is 6.93. The summed E-state index contributed by atoms with van der Waals surface area (Å²) in [5, 5.41) is 0. The van der Waals surface area contributed by atoms with Gasteiger partial charge in [-0.25, -0.2) is 0 Å². The van der Waals surface area contributed by atoms with Gasteiger partial charge in [-0.1, -0.05) is 37.3 Å². The number of methoxy groups -OCH3 is 1. The van der Waals surface area contributed by atoms with Crippen LogP contribution in [-0.2, 0) is 0 Å². The maximum Gasteiger partial charge on any atom is 0.573 e. The summed E-state index contributed by atoms with van der Waals surface area (Å²) in [4.78, 5) is 0. The second-order valence-corrected chi connectivity index (χ2v) is 4.82. The van der Waals surface area contributed by atoms with Crippen LogP contribution in [0.4, 0.5) is 13.2 Å². The molecule has 0 spiro atoms. The van der Waals surface area contributed by atoms with Crippen molar-refractivity contribution in [3.63, 3.8) is 0 Å². The zero-order chi connectivity index (χ0) is 16.2. The molecule has 0 aliphatic rings. The molecule has 2 aromatic rings.